The highest BCUT2D eigenvalue weighted by molar-refractivity contribution is 5.66. The third kappa shape index (κ3) is 4.90. The Hall–Kier alpha value is -1.36. The van der Waals surface area contributed by atoms with Crippen LogP contribution in [0.15, 0.2) is 11.6 Å². The van der Waals surface area contributed by atoms with Gasteiger partial charge in [0.15, 0.2) is 0 Å². The molecular weight excluding hydrogens is 452 g/mol. The predicted molar refractivity (Wildman–Crippen MR) is 141 cm³/mol. The zero-order chi connectivity index (χ0) is 26.4. The maximum atomic E-state index is 11.6. The Bertz CT molecular complexity index is 863. The zero-order valence-corrected chi connectivity index (χ0v) is 23.7. The average Bonchev–Trinajstić information content (AvgIpc) is 3.14. The summed E-state index contributed by atoms with van der Waals surface area (Å²) >= 11 is 0. The molecule has 0 aliphatic heterocycles. The summed E-state index contributed by atoms with van der Waals surface area (Å²) < 4.78 is 11.2. The number of aliphatic hydroxyl groups excluding tert-OH is 1. The summed E-state index contributed by atoms with van der Waals surface area (Å²) in [6, 6.07) is 0. The van der Waals surface area contributed by atoms with Crippen molar-refractivity contribution in [1.82, 2.24) is 0 Å². The minimum Gasteiger partial charge on any atom is -0.462 e. The van der Waals surface area contributed by atoms with Gasteiger partial charge in [-0.1, -0.05) is 46.3 Å². The molecule has 10 atom stereocenters. The van der Waals surface area contributed by atoms with Gasteiger partial charge >= 0.3 is 11.9 Å². The highest BCUT2D eigenvalue weighted by Crippen LogP contribution is 2.67. The minimum atomic E-state index is -0.454. The van der Waals surface area contributed by atoms with E-state index in [1.807, 2.05) is 0 Å². The molecule has 0 spiro atoms. The molecule has 0 aromatic heterocycles. The quantitative estimate of drug-likeness (QED) is 0.319. The van der Waals surface area contributed by atoms with E-state index in [2.05, 4.69) is 40.7 Å². The molecule has 1 N–H and O–H groups in total. The molecule has 3 fully saturated rings. The van der Waals surface area contributed by atoms with Crippen LogP contribution in [-0.4, -0.2) is 35.4 Å². The number of ether oxygens (including phenoxy) is 2. The lowest BCUT2D eigenvalue weighted by atomic mass is 9.46. The van der Waals surface area contributed by atoms with E-state index in [1.165, 1.54) is 45.1 Å². The van der Waals surface area contributed by atoms with Crippen molar-refractivity contribution in [2.75, 3.05) is 0 Å². The Morgan fingerprint density at radius 2 is 1.78 bits per heavy atom. The first-order valence-electron chi connectivity index (χ1n) is 14.6. The molecule has 0 radical (unpaired) electrons. The molecule has 36 heavy (non-hydrogen) atoms. The maximum Gasteiger partial charge on any atom is 0.302 e. The fourth-order valence-corrected chi connectivity index (χ4v) is 9.35. The van der Waals surface area contributed by atoms with Crippen LogP contribution in [0, 0.1) is 46.3 Å². The second-order valence-electron chi connectivity index (χ2n) is 13.5. The van der Waals surface area contributed by atoms with Crippen molar-refractivity contribution < 1.29 is 24.2 Å². The van der Waals surface area contributed by atoms with Crippen molar-refractivity contribution in [3.05, 3.63) is 11.6 Å². The number of esters is 2. The fourth-order valence-electron chi connectivity index (χ4n) is 9.35. The van der Waals surface area contributed by atoms with Crippen LogP contribution in [0.4, 0.5) is 0 Å². The second-order valence-corrected chi connectivity index (χ2v) is 13.5. The van der Waals surface area contributed by atoms with Gasteiger partial charge in [-0.3, -0.25) is 9.59 Å². The van der Waals surface area contributed by atoms with Crippen LogP contribution in [0.3, 0.4) is 0 Å². The Morgan fingerprint density at radius 1 is 1.06 bits per heavy atom. The number of carbonyl (C=O) groups is 2. The van der Waals surface area contributed by atoms with E-state index in [9.17, 15) is 14.7 Å². The van der Waals surface area contributed by atoms with E-state index >= 15 is 0 Å². The number of hydrogen-bond donors (Lipinski definition) is 1. The highest BCUT2D eigenvalue weighted by Gasteiger charge is 2.61. The van der Waals surface area contributed by atoms with Crippen LogP contribution in [-0.2, 0) is 19.1 Å². The molecule has 5 heteroatoms. The van der Waals surface area contributed by atoms with Crippen LogP contribution in [0.1, 0.15) is 106 Å². The minimum absolute atomic E-state index is 0.0103. The summed E-state index contributed by atoms with van der Waals surface area (Å²) in [4.78, 5) is 23.1. The maximum absolute atomic E-state index is 11.6. The van der Waals surface area contributed by atoms with Crippen molar-refractivity contribution in [3.63, 3.8) is 0 Å². The Labute approximate surface area is 218 Å². The van der Waals surface area contributed by atoms with Crippen molar-refractivity contribution in [1.29, 1.82) is 0 Å². The Kier molecular flexibility index (Phi) is 8.01. The van der Waals surface area contributed by atoms with E-state index in [0.717, 1.165) is 25.7 Å². The van der Waals surface area contributed by atoms with Gasteiger partial charge in [0.25, 0.3) is 0 Å². The summed E-state index contributed by atoms with van der Waals surface area (Å²) in [5, 5.41) is 11.4. The first kappa shape index (κ1) is 27.7. The number of aliphatic hydroxyl groups is 1. The molecule has 4 aliphatic carbocycles. The van der Waals surface area contributed by atoms with Gasteiger partial charge in [0.1, 0.15) is 12.2 Å². The normalized spacial score (nSPS) is 41.4. The largest absolute Gasteiger partial charge is 0.462 e. The summed E-state index contributed by atoms with van der Waals surface area (Å²) in [5.74, 6) is 3.07. The molecule has 4 rings (SSSR count). The van der Waals surface area contributed by atoms with Gasteiger partial charge < -0.3 is 14.6 Å². The molecule has 204 valence electrons. The highest BCUT2D eigenvalue weighted by atomic mass is 16.5. The zero-order valence-electron chi connectivity index (χ0n) is 23.7. The summed E-state index contributed by atoms with van der Waals surface area (Å²) in [6.07, 6.45) is 11.2. The van der Waals surface area contributed by atoms with Gasteiger partial charge in [-0.2, -0.15) is 0 Å². The molecule has 5 nitrogen and oxygen atoms in total. The third-order valence-corrected chi connectivity index (χ3v) is 11.2. The molecule has 0 aromatic carbocycles. The lowest BCUT2D eigenvalue weighted by Crippen LogP contribution is -2.56. The molecule has 0 saturated heterocycles. The van der Waals surface area contributed by atoms with Crippen LogP contribution in [0.25, 0.3) is 0 Å². The number of allylic oxidation sites excluding steroid dienone is 1. The van der Waals surface area contributed by atoms with Gasteiger partial charge in [0.05, 0.1) is 6.10 Å². The van der Waals surface area contributed by atoms with Crippen molar-refractivity contribution in [2.24, 2.45) is 46.3 Å². The van der Waals surface area contributed by atoms with E-state index in [-0.39, 0.29) is 29.6 Å². The van der Waals surface area contributed by atoms with Gasteiger partial charge in [0, 0.05) is 32.1 Å². The monoisotopic (exact) mass is 502 g/mol. The van der Waals surface area contributed by atoms with Crippen LogP contribution < -0.4 is 0 Å². The molecule has 0 heterocycles. The van der Waals surface area contributed by atoms with Crippen molar-refractivity contribution >= 4 is 11.9 Å². The summed E-state index contributed by atoms with van der Waals surface area (Å²) in [5.41, 5.74) is 1.47. The fraction of sp³-hybridized carbons (Fsp3) is 0.871. The Balaban J connectivity index is 1.47. The summed E-state index contributed by atoms with van der Waals surface area (Å²) in [6.45, 7) is 14.6. The molecule has 0 amide bonds. The predicted octanol–water partition coefficient (Wildman–Crippen LogP) is 6.47. The van der Waals surface area contributed by atoms with Crippen LogP contribution >= 0.6 is 0 Å². The van der Waals surface area contributed by atoms with Gasteiger partial charge in [-0.15, -0.1) is 0 Å². The molecule has 1 unspecified atom stereocenters. The average molecular weight is 503 g/mol. The number of fused-ring (bicyclic) bond motifs is 5. The lowest BCUT2D eigenvalue weighted by Gasteiger charge is -2.59. The topological polar surface area (TPSA) is 72.8 Å². The van der Waals surface area contributed by atoms with Gasteiger partial charge in [-0.25, -0.2) is 0 Å². The van der Waals surface area contributed by atoms with Crippen molar-refractivity contribution in [2.45, 2.75) is 125 Å². The molecular formula is C31H50O5. The van der Waals surface area contributed by atoms with E-state index in [0.29, 0.717) is 47.3 Å². The third-order valence-electron chi connectivity index (χ3n) is 11.2. The van der Waals surface area contributed by atoms with Crippen LogP contribution in [0.2, 0.25) is 0 Å². The number of rotatable bonds is 7. The van der Waals surface area contributed by atoms with Gasteiger partial charge in [-0.05, 0) is 85.9 Å². The summed E-state index contributed by atoms with van der Waals surface area (Å²) in [7, 11) is 0. The second kappa shape index (κ2) is 10.4. The smallest absolute Gasteiger partial charge is 0.302 e. The van der Waals surface area contributed by atoms with E-state index in [1.54, 1.807) is 0 Å². The Morgan fingerprint density at radius 3 is 2.42 bits per heavy atom. The molecule has 4 aliphatic rings. The number of carbonyl (C=O) groups excluding carboxylic acids is 2. The standard InChI is InChI=1S/C31H50O5/c1-18(2)28(36-21(5)33)13-8-19(3)25-11-12-26-24-10-9-22-16-23(35-20(4)32)17-29(34)31(22,7)27(24)14-15-30(25,26)6/h9,18-19,23-29,34H,8,10-17H2,1-7H3/t19-,23?,24+,25-,26+,27+,28-,29+,30-,31+/m1/s1. The van der Waals surface area contributed by atoms with Crippen LogP contribution in [0.5, 0.6) is 0 Å². The molecule has 0 bridgehead atoms. The first-order chi connectivity index (χ1) is 16.9. The van der Waals surface area contributed by atoms with E-state index in [4.69, 9.17) is 9.47 Å². The van der Waals surface area contributed by atoms with Gasteiger partial charge in [0.2, 0.25) is 0 Å². The van der Waals surface area contributed by atoms with E-state index < -0.39 is 6.10 Å². The van der Waals surface area contributed by atoms with Crippen molar-refractivity contribution in [3.8, 4) is 0 Å². The molecule has 3 saturated carbocycles. The number of hydrogen-bond acceptors (Lipinski definition) is 5. The SMILES string of the molecule is CC(=O)OC1CC2=CC[C@H]3[C@@H]4CC[C@H]([C@H](C)CC[C@@H](OC(C)=O)C(C)C)[C@@]4(C)CC[C@@H]3[C@@]2(C)[C@@H](O)C1. The molecule has 0 aromatic rings. The lowest BCUT2D eigenvalue weighted by molar-refractivity contribution is -0.155. The first-order valence-corrected chi connectivity index (χ1v) is 14.6.